The Labute approximate surface area is 192 Å². The van der Waals surface area contributed by atoms with Crippen LogP contribution in [0.4, 0.5) is 0 Å². The molecule has 0 spiro atoms. The van der Waals surface area contributed by atoms with Gasteiger partial charge in [-0.15, -0.1) is 23.1 Å². The summed E-state index contributed by atoms with van der Waals surface area (Å²) in [6.45, 7) is 1.93. The van der Waals surface area contributed by atoms with E-state index >= 15 is 0 Å². The Kier molecular flexibility index (Phi) is 6.44. The van der Waals surface area contributed by atoms with Crippen LogP contribution in [0.5, 0.6) is 0 Å². The van der Waals surface area contributed by atoms with Crippen molar-refractivity contribution in [3.05, 3.63) is 60.4 Å². The zero-order chi connectivity index (χ0) is 21.4. The Hall–Kier alpha value is -1.54. The van der Waals surface area contributed by atoms with Gasteiger partial charge in [-0.3, -0.25) is 9.59 Å². The summed E-state index contributed by atoms with van der Waals surface area (Å²) in [5.41, 5.74) is 1.96. The average molecular weight is 482 g/mol. The number of fused-ring (bicyclic) bond motifs is 3. The first kappa shape index (κ1) is 21.7. The van der Waals surface area contributed by atoms with Crippen molar-refractivity contribution < 1.29 is 4.79 Å². The van der Waals surface area contributed by atoms with Gasteiger partial charge in [0.05, 0.1) is 22.9 Å². The Morgan fingerprint density at radius 1 is 1.37 bits per heavy atom. The SMILES string of the molecule is CC(c1ccc(Cl)cc1Cl)N(C)C(=O)CSCc1nc2sc3c(c2c(=O)[nH]1)CCC3. The summed E-state index contributed by atoms with van der Waals surface area (Å²) in [7, 11) is 1.76. The quantitative estimate of drug-likeness (QED) is 0.523. The normalized spacial score (nSPS) is 14.1. The molecule has 0 fully saturated rings. The van der Waals surface area contributed by atoms with Gasteiger partial charge in [0.15, 0.2) is 0 Å². The lowest BCUT2D eigenvalue weighted by Gasteiger charge is -2.26. The van der Waals surface area contributed by atoms with Gasteiger partial charge in [0.1, 0.15) is 10.7 Å². The van der Waals surface area contributed by atoms with Crippen molar-refractivity contribution >= 4 is 62.4 Å². The van der Waals surface area contributed by atoms with Gasteiger partial charge in [0.2, 0.25) is 5.91 Å². The van der Waals surface area contributed by atoms with Crippen LogP contribution in [0.25, 0.3) is 10.2 Å². The third kappa shape index (κ3) is 4.26. The van der Waals surface area contributed by atoms with Crippen molar-refractivity contribution in [3.8, 4) is 0 Å². The number of rotatable bonds is 6. The molecule has 0 saturated carbocycles. The molecule has 0 saturated heterocycles. The molecule has 1 N–H and O–H groups in total. The maximum absolute atomic E-state index is 12.6. The minimum Gasteiger partial charge on any atom is -0.338 e. The van der Waals surface area contributed by atoms with Gasteiger partial charge in [-0.2, -0.15) is 0 Å². The molecule has 1 amide bonds. The summed E-state index contributed by atoms with van der Waals surface area (Å²) in [5, 5.41) is 1.86. The first-order chi connectivity index (χ1) is 14.3. The highest BCUT2D eigenvalue weighted by atomic mass is 35.5. The van der Waals surface area contributed by atoms with Crippen LogP contribution in [0.1, 0.15) is 41.2 Å². The topological polar surface area (TPSA) is 66.1 Å². The maximum Gasteiger partial charge on any atom is 0.259 e. The summed E-state index contributed by atoms with van der Waals surface area (Å²) >= 11 is 15.3. The molecule has 0 radical (unpaired) electrons. The van der Waals surface area contributed by atoms with Crippen LogP contribution in [0.3, 0.4) is 0 Å². The van der Waals surface area contributed by atoms with Crippen LogP contribution in [0, 0.1) is 0 Å². The second-order valence-electron chi connectivity index (χ2n) is 7.39. The van der Waals surface area contributed by atoms with Crippen molar-refractivity contribution in [2.24, 2.45) is 0 Å². The second kappa shape index (κ2) is 8.91. The summed E-state index contributed by atoms with van der Waals surface area (Å²) in [6.07, 6.45) is 3.12. The van der Waals surface area contributed by atoms with Crippen LogP contribution < -0.4 is 5.56 Å². The van der Waals surface area contributed by atoms with Crippen molar-refractivity contribution in [2.75, 3.05) is 12.8 Å². The molecule has 2 aromatic heterocycles. The minimum absolute atomic E-state index is 0.0166. The van der Waals surface area contributed by atoms with E-state index in [2.05, 4.69) is 9.97 Å². The van der Waals surface area contributed by atoms with Crippen molar-refractivity contribution in [2.45, 2.75) is 38.0 Å². The molecule has 9 heteroatoms. The molecular formula is C21H21Cl2N3O2S2. The number of hydrogen-bond acceptors (Lipinski definition) is 5. The first-order valence-electron chi connectivity index (χ1n) is 9.67. The zero-order valence-electron chi connectivity index (χ0n) is 16.6. The fourth-order valence-corrected chi connectivity index (χ4v) is 6.37. The van der Waals surface area contributed by atoms with Gasteiger partial charge >= 0.3 is 0 Å². The van der Waals surface area contributed by atoms with Crippen molar-refractivity contribution in [1.82, 2.24) is 14.9 Å². The summed E-state index contributed by atoms with van der Waals surface area (Å²) < 4.78 is 0. The number of nitrogens with zero attached hydrogens (tertiary/aromatic N) is 2. The van der Waals surface area contributed by atoms with E-state index in [-0.39, 0.29) is 23.3 Å². The molecule has 0 bridgehead atoms. The number of hydrogen-bond donors (Lipinski definition) is 1. The van der Waals surface area contributed by atoms with Gasteiger partial charge in [0, 0.05) is 22.0 Å². The molecule has 1 aliphatic rings. The minimum atomic E-state index is -0.175. The molecular weight excluding hydrogens is 461 g/mol. The monoisotopic (exact) mass is 481 g/mol. The fraction of sp³-hybridized carbons (Fsp3) is 0.381. The average Bonchev–Trinajstić information content (AvgIpc) is 3.27. The number of amides is 1. The van der Waals surface area contributed by atoms with Gasteiger partial charge in [-0.05, 0) is 49.4 Å². The molecule has 0 aliphatic heterocycles. The highest BCUT2D eigenvalue weighted by Crippen LogP contribution is 2.34. The molecule has 1 unspecified atom stereocenters. The standard InChI is InChI=1S/C21H21Cl2N3O2S2/c1-11(13-7-6-12(22)8-15(13)23)26(2)18(27)10-29-9-17-24-20(28)19-14-4-3-5-16(14)30-21(19)25-17/h6-8,11H,3-5,9-10H2,1-2H3,(H,24,25,28). The number of halogens is 2. The van der Waals surface area contributed by atoms with Crippen LogP contribution in [-0.4, -0.2) is 33.6 Å². The van der Waals surface area contributed by atoms with Crippen LogP contribution in [0.15, 0.2) is 23.0 Å². The van der Waals surface area contributed by atoms with E-state index in [1.54, 1.807) is 35.4 Å². The van der Waals surface area contributed by atoms with Crippen LogP contribution in [0.2, 0.25) is 10.0 Å². The largest absolute Gasteiger partial charge is 0.338 e. The number of carbonyl (C=O) groups is 1. The summed E-state index contributed by atoms with van der Waals surface area (Å²) in [6, 6.07) is 5.12. The molecule has 1 aliphatic carbocycles. The molecule has 2 heterocycles. The van der Waals surface area contributed by atoms with Crippen LogP contribution in [-0.2, 0) is 23.4 Å². The molecule has 3 aromatic rings. The number of thiophene rings is 1. The Bertz CT molecular complexity index is 1180. The van der Waals surface area contributed by atoms with Crippen molar-refractivity contribution in [3.63, 3.8) is 0 Å². The Morgan fingerprint density at radius 2 is 2.17 bits per heavy atom. The number of thioether (sulfide) groups is 1. The first-order valence-corrected chi connectivity index (χ1v) is 12.4. The smallest absolute Gasteiger partial charge is 0.259 e. The van der Waals surface area contributed by atoms with Gasteiger partial charge < -0.3 is 9.88 Å². The van der Waals surface area contributed by atoms with E-state index < -0.39 is 0 Å². The number of carbonyl (C=O) groups excluding carboxylic acids is 1. The number of nitrogens with one attached hydrogen (secondary N) is 1. The van der Waals surface area contributed by atoms with E-state index in [1.165, 1.54) is 22.2 Å². The van der Waals surface area contributed by atoms with E-state index in [4.69, 9.17) is 23.2 Å². The molecule has 1 aromatic carbocycles. The van der Waals surface area contributed by atoms with E-state index in [0.29, 0.717) is 21.6 Å². The number of H-pyrrole nitrogens is 1. The number of aromatic nitrogens is 2. The number of aryl methyl sites for hydroxylation is 2. The molecule has 4 rings (SSSR count). The van der Waals surface area contributed by atoms with Crippen molar-refractivity contribution in [1.29, 1.82) is 0 Å². The molecule has 158 valence electrons. The fourth-order valence-electron chi connectivity index (χ4n) is 3.72. The summed E-state index contributed by atoms with van der Waals surface area (Å²) in [4.78, 5) is 36.5. The third-order valence-electron chi connectivity index (χ3n) is 5.48. The van der Waals surface area contributed by atoms with E-state index in [0.717, 1.165) is 35.0 Å². The number of benzene rings is 1. The Morgan fingerprint density at radius 3 is 2.93 bits per heavy atom. The second-order valence-corrected chi connectivity index (χ2v) is 10.3. The predicted octanol–water partition coefficient (Wildman–Crippen LogP) is 5.23. The zero-order valence-corrected chi connectivity index (χ0v) is 19.8. The third-order valence-corrected chi connectivity index (χ3v) is 8.15. The number of aromatic amines is 1. The summed E-state index contributed by atoms with van der Waals surface area (Å²) in [5.74, 6) is 1.36. The molecule has 30 heavy (non-hydrogen) atoms. The lowest BCUT2D eigenvalue weighted by atomic mass is 10.1. The van der Waals surface area contributed by atoms with E-state index in [1.807, 2.05) is 13.0 Å². The highest BCUT2D eigenvalue weighted by Gasteiger charge is 2.22. The molecule has 1 atom stereocenters. The lowest BCUT2D eigenvalue weighted by molar-refractivity contribution is -0.128. The van der Waals surface area contributed by atoms with Gasteiger partial charge in [-0.25, -0.2) is 4.98 Å². The lowest BCUT2D eigenvalue weighted by Crippen LogP contribution is -2.31. The molecule has 5 nitrogen and oxygen atoms in total. The Balaban J connectivity index is 1.39. The van der Waals surface area contributed by atoms with Crippen LogP contribution >= 0.6 is 46.3 Å². The van der Waals surface area contributed by atoms with Gasteiger partial charge in [0.25, 0.3) is 5.56 Å². The van der Waals surface area contributed by atoms with E-state index in [9.17, 15) is 9.59 Å². The maximum atomic E-state index is 12.6. The predicted molar refractivity (Wildman–Crippen MR) is 126 cm³/mol. The van der Waals surface area contributed by atoms with Gasteiger partial charge in [-0.1, -0.05) is 29.3 Å². The highest BCUT2D eigenvalue weighted by molar-refractivity contribution is 7.99.